The van der Waals surface area contributed by atoms with Crippen LogP contribution in [0.25, 0.3) is 0 Å². The minimum absolute atomic E-state index is 0.0944. The normalized spacial score (nSPS) is 19.7. The van der Waals surface area contributed by atoms with Crippen molar-refractivity contribution in [2.24, 2.45) is 5.90 Å². The van der Waals surface area contributed by atoms with Gasteiger partial charge in [0.05, 0.1) is 12.6 Å². The lowest BCUT2D eigenvalue weighted by molar-refractivity contribution is 0.129. The van der Waals surface area contributed by atoms with Crippen molar-refractivity contribution in [2.75, 3.05) is 11.9 Å². The predicted molar refractivity (Wildman–Crippen MR) is 47.7 cm³/mol. The van der Waals surface area contributed by atoms with Gasteiger partial charge in [0.1, 0.15) is 5.82 Å². The minimum Gasteiger partial charge on any atom is -0.379 e. The zero-order chi connectivity index (χ0) is 9.26. The Morgan fingerprint density at radius 2 is 2.46 bits per heavy atom. The molecule has 3 N–H and O–H groups in total. The Morgan fingerprint density at radius 3 is 3.15 bits per heavy atom. The molecule has 13 heavy (non-hydrogen) atoms. The summed E-state index contributed by atoms with van der Waals surface area (Å²) in [5.74, 6) is 4.79. The Kier molecular flexibility index (Phi) is 2.16. The first kappa shape index (κ1) is 8.47. The molecular weight excluding hydrogens is 171 g/mol. The molecule has 2 rings (SSSR count). The summed E-state index contributed by atoms with van der Waals surface area (Å²) in [6, 6.07) is 5.10. The highest BCUT2D eigenvalue weighted by Gasteiger charge is 2.22. The standard InChI is InChI=1S/C9H11FN2O/c10-8-2-1-3-9-7(8)4-6(12-9)5-13-11/h1-3,6,12H,4-5,11H2. The van der Waals surface area contributed by atoms with Crippen LogP contribution >= 0.6 is 0 Å². The van der Waals surface area contributed by atoms with E-state index >= 15 is 0 Å². The third-order valence-electron chi connectivity index (χ3n) is 2.23. The van der Waals surface area contributed by atoms with Gasteiger partial charge >= 0.3 is 0 Å². The highest BCUT2D eigenvalue weighted by Crippen LogP contribution is 2.27. The third-order valence-corrected chi connectivity index (χ3v) is 2.23. The van der Waals surface area contributed by atoms with Crippen molar-refractivity contribution in [3.05, 3.63) is 29.6 Å². The van der Waals surface area contributed by atoms with Gasteiger partial charge in [0, 0.05) is 11.3 Å². The number of nitrogens with one attached hydrogen (secondary N) is 1. The number of benzene rings is 1. The number of hydrogen-bond donors (Lipinski definition) is 2. The molecule has 1 heterocycles. The summed E-state index contributed by atoms with van der Waals surface area (Å²) >= 11 is 0. The Bertz CT molecular complexity index is 316. The van der Waals surface area contributed by atoms with E-state index in [1.165, 1.54) is 6.07 Å². The fraction of sp³-hybridized carbons (Fsp3) is 0.333. The van der Waals surface area contributed by atoms with Gasteiger partial charge in [-0.2, -0.15) is 0 Å². The second-order valence-electron chi connectivity index (χ2n) is 3.14. The van der Waals surface area contributed by atoms with Crippen molar-refractivity contribution in [3.8, 4) is 0 Å². The third kappa shape index (κ3) is 1.50. The van der Waals surface area contributed by atoms with Gasteiger partial charge in [-0.25, -0.2) is 10.3 Å². The number of hydrogen-bond acceptors (Lipinski definition) is 3. The van der Waals surface area contributed by atoms with Gasteiger partial charge in [-0.3, -0.25) is 0 Å². The Morgan fingerprint density at radius 1 is 1.62 bits per heavy atom. The van der Waals surface area contributed by atoms with Crippen molar-refractivity contribution >= 4 is 5.69 Å². The van der Waals surface area contributed by atoms with Crippen molar-refractivity contribution in [1.29, 1.82) is 0 Å². The summed E-state index contributed by atoms with van der Waals surface area (Å²) < 4.78 is 13.2. The molecule has 0 radical (unpaired) electrons. The molecule has 0 saturated carbocycles. The van der Waals surface area contributed by atoms with Crippen LogP contribution in [0.3, 0.4) is 0 Å². The maximum absolute atomic E-state index is 13.2. The zero-order valence-corrected chi connectivity index (χ0v) is 7.09. The lowest BCUT2D eigenvalue weighted by Gasteiger charge is -2.07. The van der Waals surface area contributed by atoms with Crippen molar-refractivity contribution in [3.63, 3.8) is 0 Å². The van der Waals surface area contributed by atoms with E-state index in [-0.39, 0.29) is 11.9 Å². The fourth-order valence-corrected chi connectivity index (χ4v) is 1.64. The van der Waals surface area contributed by atoms with Crippen LogP contribution in [0.1, 0.15) is 5.56 Å². The Balaban J connectivity index is 2.20. The molecule has 1 unspecified atom stereocenters. The van der Waals surface area contributed by atoms with E-state index in [4.69, 9.17) is 5.90 Å². The van der Waals surface area contributed by atoms with Gasteiger partial charge in [-0.1, -0.05) is 6.07 Å². The van der Waals surface area contributed by atoms with E-state index in [1.807, 2.05) is 6.07 Å². The van der Waals surface area contributed by atoms with Gasteiger partial charge in [-0.15, -0.1) is 0 Å². The average Bonchev–Trinajstić information content (AvgIpc) is 2.49. The van der Waals surface area contributed by atoms with Crippen molar-refractivity contribution in [1.82, 2.24) is 0 Å². The number of anilines is 1. The Labute approximate surface area is 75.6 Å². The van der Waals surface area contributed by atoms with Crippen LogP contribution in [0.5, 0.6) is 0 Å². The molecule has 0 fully saturated rings. The molecule has 0 aromatic heterocycles. The SMILES string of the molecule is NOCC1Cc2c(F)cccc2N1. The first-order valence-corrected chi connectivity index (χ1v) is 4.17. The van der Waals surface area contributed by atoms with Crippen molar-refractivity contribution < 1.29 is 9.23 Å². The Hall–Kier alpha value is -1.13. The molecule has 70 valence electrons. The zero-order valence-electron chi connectivity index (χ0n) is 7.09. The molecule has 0 saturated heterocycles. The molecule has 3 nitrogen and oxygen atoms in total. The van der Waals surface area contributed by atoms with Crippen LogP contribution in [0.15, 0.2) is 18.2 Å². The first-order chi connectivity index (χ1) is 6.31. The van der Waals surface area contributed by atoms with Crippen LogP contribution in [-0.4, -0.2) is 12.6 Å². The minimum atomic E-state index is -0.162. The topological polar surface area (TPSA) is 47.3 Å². The molecule has 1 aromatic carbocycles. The lowest BCUT2D eigenvalue weighted by Crippen LogP contribution is -2.24. The summed E-state index contributed by atoms with van der Waals surface area (Å²) in [5.41, 5.74) is 1.58. The van der Waals surface area contributed by atoms with Crippen LogP contribution in [0, 0.1) is 5.82 Å². The van der Waals surface area contributed by atoms with Gasteiger partial charge in [0.15, 0.2) is 0 Å². The predicted octanol–water partition coefficient (Wildman–Crippen LogP) is 1.05. The van der Waals surface area contributed by atoms with E-state index in [0.29, 0.717) is 13.0 Å². The van der Waals surface area contributed by atoms with Crippen molar-refractivity contribution in [2.45, 2.75) is 12.5 Å². The second kappa shape index (κ2) is 3.32. The maximum Gasteiger partial charge on any atom is 0.128 e. The molecule has 1 aliphatic rings. The highest BCUT2D eigenvalue weighted by atomic mass is 19.1. The van der Waals surface area contributed by atoms with Crippen LogP contribution in [0.2, 0.25) is 0 Å². The summed E-state index contributed by atoms with van der Waals surface area (Å²) in [4.78, 5) is 4.51. The number of halogens is 1. The maximum atomic E-state index is 13.2. The molecule has 0 spiro atoms. The van der Waals surface area contributed by atoms with E-state index in [2.05, 4.69) is 10.2 Å². The number of nitrogens with two attached hydrogens (primary N) is 1. The van der Waals surface area contributed by atoms with Crippen LogP contribution in [0.4, 0.5) is 10.1 Å². The lowest BCUT2D eigenvalue weighted by atomic mass is 10.1. The smallest absolute Gasteiger partial charge is 0.128 e. The molecule has 1 aliphatic heterocycles. The van der Waals surface area contributed by atoms with E-state index in [1.54, 1.807) is 6.07 Å². The fourth-order valence-electron chi connectivity index (χ4n) is 1.64. The van der Waals surface area contributed by atoms with Gasteiger partial charge in [-0.05, 0) is 18.6 Å². The number of fused-ring (bicyclic) bond motifs is 1. The average molecular weight is 182 g/mol. The molecule has 1 aromatic rings. The monoisotopic (exact) mass is 182 g/mol. The molecule has 1 atom stereocenters. The molecule has 4 heteroatoms. The van der Waals surface area contributed by atoms with Gasteiger partial charge in [0.25, 0.3) is 0 Å². The van der Waals surface area contributed by atoms with E-state index in [0.717, 1.165) is 11.3 Å². The number of rotatable bonds is 2. The quantitative estimate of drug-likeness (QED) is 0.672. The van der Waals surface area contributed by atoms with Crippen LogP contribution in [-0.2, 0) is 11.3 Å². The van der Waals surface area contributed by atoms with E-state index < -0.39 is 0 Å². The van der Waals surface area contributed by atoms with Crippen LogP contribution < -0.4 is 11.2 Å². The van der Waals surface area contributed by atoms with Gasteiger partial charge < -0.3 is 10.2 Å². The summed E-state index contributed by atoms with van der Waals surface area (Å²) in [7, 11) is 0. The second-order valence-corrected chi connectivity index (χ2v) is 3.14. The first-order valence-electron chi connectivity index (χ1n) is 4.17. The molecule has 0 amide bonds. The molecular formula is C9H11FN2O. The molecule has 0 aliphatic carbocycles. The molecule has 0 bridgehead atoms. The summed E-state index contributed by atoms with van der Waals surface area (Å²) in [6.07, 6.45) is 0.638. The van der Waals surface area contributed by atoms with Gasteiger partial charge in [0.2, 0.25) is 0 Å². The highest BCUT2D eigenvalue weighted by molar-refractivity contribution is 5.57. The summed E-state index contributed by atoms with van der Waals surface area (Å²) in [5, 5.41) is 3.13. The van der Waals surface area contributed by atoms with E-state index in [9.17, 15) is 4.39 Å². The largest absolute Gasteiger partial charge is 0.379 e. The summed E-state index contributed by atoms with van der Waals surface area (Å²) in [6.45, 7) is 0.397.